The maximum Gasteiger partial charge on any atom is 0.343 e. The highest BCUT2D eigenvalue weighted by Gasteiger charge is 2.15. The summed E-state index contributed by atoms with van der Waals surface area (Å²) in [7, 11) is 0. The molecule has 5 aromatic carbocycles. The van der Waals surface area contributed by atoms with Crippen LogP contribution in [0.2, 0.25) is 0 Å². The third-order valence-electron chi connectivity index (χ3n) is 9.04. The molecule has 0 saturated heterocycles. The van der Waals surface area contributed by atoms with Gasteiger partial charge in [-0.05, 0) is 125 Å². The Morgan fingerprint density at radius 2 is 0.930 bits per heavy atom. The van der Waals surface area contributed by atoms with Crippen LogP contribution >= 0.6 is 15.9 Å². The first-order valence-corrected chi connectivity index (χ1v) is 20.7. The van der Waals surface area contributed by atoms with E-state index in [-0.39, 0.29) is 11.5 Å². The fourth-order valence-corrected chi connectivity index (χ4v) is 6.03. The van der Waals surface area contributed by atoms with Crippen molar-refractivity contribution in [2.24, 2.45) is 9.98 Å². The van der Waals surface area contributed by atoms with Crippen LogP contribution < -0.4 is 18.9 Å². The molecule has 8 nitrogen and oxygen atoms in total. The molecule has 9 heteroatoms. The number of hydrogen-bond donors (Lipinski definition) is 0. The lowest BCUT2D eigenvalue weighted by Gasteiger charge is -2.10. The minimum absolute atomic E-state index is 0.216. The van der Waals surface area contributed by atoms with Crippen LogP contribution in [0.3, 0.4) is 0 Å². The van der Waals surface area contributed by atoms with E-state index < -0.39 is 11.9 Å². The molecule has 0 spiro atoms. The summed E-state index contributed by atoms with van der Waals surface area (Å²) >= 11 is 3.43. The van der Waals surface area contributed by atoms with Gasteiger partial charge in [-0.1, -0.05) is 89.5 Å². The standard InChI is InChI=1S/C48H51BrN2O6/c1-3-5-7-9-11-31-54-42-25-21-40(22-26-42)50-34-36-13-17-38(18-14-36)47(52)56-44-29-30-45(49)46(33-44)57-48(53)39-19-15-37(16-20-39)35-51-41-23-27-43(28-24-41)55-32-12-10-8-6-4-2/h13-30,33-35H,3-12,31-32H2,1-2H3. The van der Waals surface area contributed by atoms with Gasteiger partial charge >= 0.3 is 11.9 Å². The summed E-state index contributed by atoms with van der Waals surface area (Å²) in [6, 6.07) is 34.0. The molecule has 0 aromatic heterocycles. The Hall–Kier alpha value is -5.54. The molecule has 0 heterocycles. The number of unbranched alkanes of at least 4 members (excludes halogenated alkanes) is 8. The van der Waals surface area contributed by atoms with Crippen molar-refractivity contribution in [2.45, 2.75) is 78.1 Å². The van der Waals surface area contributed by atoms with Gasteiger partial charge in [0.2, 0.25) is 0 Å². The van der Waals surface area contributed by atoms with Crippen LogP contribution in [0.5, 0.6) is 23.0 Å². The highest BCUT2D eigenvalue weighted by molar-refractivity contribution is 9.10. The summed E-state index contributed by atoms with van der Waals surface area (Å²) in [4.78, 5) is 35.1. The monoisotopic (exact) mass is 830 g/mol. The summed E-state index contributed by atoms with van der Waals surface area (Å²) in [6.07, 6.45) is 15.5. The number of carbonyl (C=O) groups excluding carboxylic acids is 2. The summed E-state index contributed by atoms with van der Waals surface area (Å²) < 4.78 is 23.5. The van der Waals surface area contributed by atoms with Gasteiger partial charge < -0.3 is 18.9 Å². The van der Waals surface area contributed by atoms with Crippen molar-refractivity contribution >= 4 is 51.7 Å². The maximum atomic E-state index is 13.0. The second-order valence-corrected chi connectivity index (χ2v) is 14.5. The molecule has 0 aliphatic rings. The number of aliphatic imine (C=N–C) groups is 2. The van der Waals surface area contributed by atoms with Crippen molar-refractivity contribution in [3.63, 3.8) is 0 Å². The van der Waals surface area contributed by atoms with E-state index in [9.17, 15) is 9.59 Å². The van der Waals surface area contributed by atoms with Crippen LogP contribution in [-0.4, -0.2) is 37.6 Å². The number of halogens is 1. The molecule has 0 amide bonds. The van der Waals surface area contributed by atoms with Gasteiger partial charge in [-0.25, -0.2) is 9.59 Å². The molecule has 0 radical (unpaired) electrons. The fourth-order valence-electron chi connectivity index (χ4n) is 5.71. The van der Waals surface area contributed by atoms with Gasteiger partial charge in [0.1, 0.15) is 23.0 Å². The highest BCUT2D eigenvalue weighted by atomic mass is 79.9. The molecule has 5 rings (SSSR count). The van der Waals surface area contributed by atoms with Crippen molar-refractivity contribution in [2.75, 3.05) is 13.2 Å². The minimum Gasteiger partial charge on any atom is -0.494 e. The van der Waals surface area contributed by atoms with E-state index in [0.717, 1.165) is 60.1 Å². The van der Waals surface area contributed by atoms with Crippen LogP contribution in [0.15, 0.2) is 130 Å². The van der Waals surface area contributed by atoms with Crippen LogP contribution in [0.25, 0.3) is 0 Å². The Morgan fingerprint density at radius 3 is 1.39 bits per heavy atom. The van der Waals surface area contributed by atoms with E-state index in [0.29, 0.717) is 15.6 Å². The van der Waals surface area contributed by atoms with Crippen molar-refractivity contribution < 1.29 is 28.5 Å². The molecule has 0 aliphatic heterocycles. The Labute approximate surface area is 345 Å². The summed E-state index contributed by atoms with van der Waals surface area (Å²) in [5.41, 5.74) is 3.98. The quantitative estimate of drug-likeness (QED) is 0.0298. The average molecular weight is 832 g/mol. The average Bonchev–Trinajstić information content (AvgIpc) is 3.24. The van der Waals surface area contributed by atoms with Gasteiger partial charge in [-0.3, -0.25) is 9.98 Å². The van der Waals surface area contributed by atoms with E-state index in [1.807, 2.05) is 48.5 Å². The largest absolute Gasteiger partial charge is 0.494 e. The molecule has 296 valence electrons. The molecule has 0 N–H and O–H groups in total. The van der Waals surface area contributed by atoms with Gasteiger partial charge in [0.25, 0.3) is 0 Å². The molecule has 0 unspecified atom stereocenters. The van der Waals surface area contributed by atoms with E-state index in [4.69, 9.17) is 18.9 Å². The highest BCUT2D eigenvalue weighted by Crippen LogP contribution is 2.31. The number of nitrogens with zero attached hydrogens (tertiary/aromatic N) is 2. The number of esters is 2. The van der Waals surface area contributed by atoms with Crippen LogP contribution in [0.1, 0.15) is 110 Å². The third-order valence-corrected chi connectivity index (χ3v) is 9.70. The maximum absolute atomic E-state index is 13.0. The zero-order valence-electron chi connectivity index (χ0n) is 32.8. The first-order valence-electron chi connectivity index (χ1n) is 19.9. The Balaban J connectivity index is 1.07. The predicted molar refractivity (Wildman–Crippen MR) is 233 cm³/mol. The fraction of sp³-hybridized carbons (Fsp3) is 0.292. The number of ether oxygens (including phenoxy) is 4. The van der Waals surface area contributed by atoms with Crippen molar-refractivity contribution in [3.8, 4) is 23.0 Å². The van der Waals surface area contributed by atoms with Crippen molar-refractivity contribution in [1.82, 2.24) is 0 Å². The molecular weight excluding hydrogens is 780 g/mol. The van der Waals surface area contributed by atoms with Gasteiger partial charge in [0, 0.05) is 18.5 Å². The van der Waals surface area contributed by atoms with Crippen LogP contribution in [0.4, 0.5) is 11.4 Å². The topological polar surface area (TPSA) is 95.8 Å². The second-order valence-electron chi connectivity index (χ2n) is 13.6. The van der Waals surface area contributed by atoms with Crippen molar-refractivity contribution in [3.05, 3.63) is 142 Å². The molecule has 0 aliphatic carbocycles. The lowest BCUT2D eigenvalue weighted by molar-refractivity contribution is 0.0732. The first kappa shape index (κ1) is 42.6. The molecule has 57 heavy (non-hydrogen) atoms. The lowest BCUT2D eigenvalue weighted by Crippen LogP contribution is -2.10. The van der Waals surface area contributed by atoms with Gasteiger partial charge in [0.15, 0.2) is 0 Å². The number of hydrogen-bond acceptors (Lipinski definition) is 8. The number of rotatable bonds is 22. The Morgan fingerprint density at radius 1 is 0.509 bits per heavy atom. The third kappa shape index (κ3) is 14.8. The molecule has 0 bridgehead atoms. The predicted octanol–water partition coefficient (Wildman–Crippen LogP) is 13.1. The molecular formula is C48H51BrN2O6. The Kier molecular flexibility index (Phi) is 17.6. The molecule has 0 fully saturated rings. The van der Waals surface area contributed by atoms with E-state index in [1.54, 1.807) is 73.1 Å². The van der Waals surface area contributed by atoms with E-state index in [2.05, 4.69) is 39.8 Å². The zero-order valence-corrected chi connectivity index (χ0v) is 34.4. The number of carbonyl (C=O) groups is 2. The van der Waals surface area contributed by atoms with Crippen molar-refractivity contribution in [1.29, 1.82) is 0 Å². The Bertz CT molecular complexity index is 2040. The molecule has 0 saturated carbocycles. The minimum atomic E-state index is -0.557. The van der Waals surface area contributed by atoms with Gasteiger partial charge in [-0.2, -0.15) is 0 Å². The first-order chi connectivity index (χ1) is 27.9. The smallest absolute Gasteiger partial charge is 0.343 e. The van der Waals surface area contributed by atoms with E-state index >= 15 is 0 Å². The lowest BCUT2D eigenvalue weighted by atomic mass is 10.1. The summed E-state index contributed by atoms with van der Waals surface area (Å²) in [5.74, 6) is 1.01. The second kappa shape index (κ2) is 23.5. The number of benzene rings is 5. The SMILES string of the molecule is CCCCCCCOc1ccc(N=Cc2ccc(C(=O)Oc3ccc(Br)c(OC(=O)c4ccc(C=Nc5ccc(OCCCCCCC)cc5)cc4)c3)cc2)cc1. The van der Waals surface area contributed by atoms with E-state index in [1.165, 1.54) is 57.4 Å². The van der Waals surface area contributed by atoms with Crippen LogP contribution in [-0.2, 0) is 0 Å². The van der Waals surface area contributed by atoms with Gasteiger partial charge in [-0.15, -0.1) is 0 Å². The molecule has 5 aromatic rings. The molecule has 0 atom stereocenters. The summed E-state index contributed by atoms with van der Waals surface area (Å²) in [6.45, 7) is 5.86. The zero-order chi connectivity index (χ0) is 40.1. The normalized spacial score (nSPS) is 11.2. The van der Waals surface area contributed by atoms with Gasteiger partial charge in [0.05, 0.1) is 40.2 Å². The van der Waals surface area contributed by atoms with Crippen LogP contribution in [0, 0.1) is 0 Å². The summed E-state index contributed by atoms with van der Waals surface area (Å²) in [5, 5.41) is 0.